The second-order valence-corrected chi connectivity index (χ2v) is 38.1. The maximum Gasteiger partial charge on any atom is 0.238 e. The summed E-state index contributed by atoms with van der Waals surface area (Å²) >= 11 is 0. The molecule has 10 heterocycles. The van der Waals surface area contributed by atoms with Gasteiger partial charge in [-0.1, -0.05) is 340 Å². The van der Waals surface area contributed by atoms with Crippen LogP contribution >= 0.6 is 0 Å². The third kappa shape index (κ3) is 15.5. The first-order valence-electron chi connectivity index (χ1n) is 50.7. The van der Waals surface area contributed by atoms with Crippen molar-refractivity contribution in [2.45, 2.75) is 0 Å². The molecule has 30 rings (SSSR count). The van der Waals surface area contributed by atoms with Crippen LogP contribution in [0.15, 0.2) is 546 Å². The molecule has 0 fully saturated rings. The molecular weight excluding hydrogens is 1830 g/mol. The van der Waals surface area contributed by atoms with Crippen LogP contribution in [0, 0.1) is 0 Å². The van der Waals surface area contributed by atoms with Gasteiger partial charge < -0.3 is 22.8 Å². The van der Waals surface area contributed by atoms with Gasteiger partial charge in [0, 0.05) is 107 Å². The fourth-order valence-corrected chi connectivity index (χ4v) is 22.4. The average molecular weight is 1920 g/mol. The third-order valence-electron chi connectivity index (χ3n) is 29.3. The van der Waals surface area contributed by atoms with Gasteiger partial charge in [-0.3, -0.25) is 19.5 Å². The van der Waals surface area contributed by atoms with Gasteiger partial charge in [0.1, 0.15) is 0 Å². The SMILES string of the molecule is c1ccc(-c2ccc(-n3c4ccc(-c5ccc6c(c5)c5ccccc5n6-c5cccc(-c6ccccc6)c5)cc4c4ncccc43)cc2)cc1.c1ccc(-c2cccc(-n3c4ccccc4c4cc(-c5ccc6c(c5)c5ncccc5n6-c5cccc(-c6ccccc6)c5)ccc43)c2)cc1.c1ccc(-c2nc(-c3ccccc3)nc(-n3c4ccccc4c4cc(-c5ccc6c(c5)c5ncccc5n6-c5ccccc5)ccc43)n2)cc1. The summed E-state index contributed by atoms with van der Waals surface area (Å²) in [6.45, 7) is 0. The van der Waals surface area contributed by atoms with E-state index in [4.69, 9.17) is 29.9 Å². The molecule has 0 N–H and O–H groups in total. The Morgan fingerprint density at radius 3 is 0.673 bits per heavy atom. The molecule has 0 saturated heterocycles. The largest absolute Gasteiger partial charge is 0.309 e. The van der Waals surface area contributed by atoms with Crippen LogP contribution in [0.25, 0.3) is 266 Å². The first-order chi connectivity index (χ1) is 74.4. The predicted octanol–water partition coefficient (Wildman–Crippen LogP) is 35.0. The average Bonchev–Trinajstić information content (AvgIpc) is 1.58. The number of nitrogens with zero attached hydrogens (tertiary/aromatic N) is 12. The van der Waals surface area contributed by atoms with Gasteiger partial charge in [0.15, 0.2) is 11.6 Å². The molecule has 150 heavy (non-hydrogen) atoms. The Morgan fingerprint density at radius 2 is 0.333 bits per heavy atom. The van der Waals surface area contributed by atoms with Crippen molar-refractivity contribution in [2.24, 2.45) is 0 Å². The zero-order chi connectivity index (χ0) is 99.1. The number of para-hydroxylation sites is 4. The molecule has 0 amide bonds. The van der Waals surface area contributed by atoms with Crippen molar-refractivity contribution in [3.63, 3.8) is 0 Å². The zero-order valence-electron chi connectivity index (χ0n) is 81.3. The maximum absolute atomic E-state index is 5.07. The minimum Gasteiger partial charge on any atom is -0.309 e. The van der Waals surface area contributed by atoms with E-state index in [1.165, 1.54) is 110 Å². The lowest BCUT2D eigenvalue weighted by Gasteiger charge is -2.11. The number of aromatic nitrogens is 12. The molecule has 0 aliphatic rings. The highest BCUT2D eigenvalue weighted by Crippen LogP contribution is 2.46. The summed E-state index contributed by atoms with van der Waals surface area (Å²) in [4.78, 5) is 29.7. The quantitative estimate of drug-likeness (QED) is 0.101. The van der Waals surface area contributed by atoms with Crippen LogP contribution in [0.5, 0.6) is 0 Å². The highest BCUT2D eigenvalue weighted by molar-refractivity contribution is 6.16. The number of rotatable bonds is 15. The lowest BCUT2D eigenvalue weighted by molar-refractivity contribution is 0.953. The van der Waals surface area contributed by atoms with E-state index in [2.05, 4.69) is 470 Å². The van der Waals surface area contributed by atoms with E-state index >= 15 is 0 Å². The Balaban J connectivity index is 0.000000108. The van der Waals surface area contributed by atoms with E-state index in [1.54, 1.807) is 0 Å². The van der Waals surface area contributed by atoms with Crippen molar-refractivity contribution in [1.82, 2.24) is 57.3 Å². The lowest BCUT2D eigenvalue weighted by atomic mass is 10.0. The fraction of sp³-hybridized carbons (Fsp3) is 0. The number of hydrogen-bond acceptors (Lipinski definition) is 6. The van der Waals surface area contributed by atoms with Crippen molar-refractivity contribution in [1.29, 1.82) is 0 Å². The van der Waals surface area contributed by atoms with Crippen LogP contribution in [0.2, 0.25) is 0 Å². The summed E-state index contributed by atoms with van der Waals surface area (Å²) in [6, 6.07) is 188. The van der Waals surface area contributed by atoms with Gasteiger partial charge in [-0.05, 0) is 266 Å². The number of hydrogen-bond donors (Lipinski definition) is 0. The van der Waals surface area contributed by atoms with E-state index < -0.39 is 0 Å². The normalized spacial score (nSPS) is 11.6. The van der Waals surface area contributed by atoms with Gasteiger partial charge in [-0.2, -0.15) is 9.97 Å². The van der Waals surface area contributed by atoms with Gasteiger partial charge >= 0.3 is 0 Å². The summed E-state index contributed by atoms with van der Waals surface area (Å²) < 4.78 is 13.9. The topological polar surface area (TPSA) is 107 Å². The first-order valence-corrected chi connectivity index (χ1v) is 50.7. The lowest BCUT2D eigenvalue weighted by Crippen LogP contribution is -2.06. The smallest absolute Gasteiger partial charge is 0.238 e. The van der Waals surface area contributed by atoms with Gasteiger partial charge in [-0.15, -0.1) is 0 Å². The summed E-state index contributed by atoms with van der Waals surface area (Å²) in [5, 5.41) is 10.6. The van der Waals surface area contributed by atoms with Gasteiger partial charge in [0.05, 0.1) is 82.8 Å². The predicted molar refractivity (Wildman–Crippen MR) is 621 cm³/mol. The molecule has 0 saturated carbocycles. The maximum atomic E-state index is 5.07. The van der Waals surface area contributed by atoms with E-state index in [9.17, 15) is 0 Å². The Bertz CT molecular complexity index is 10200. The number of benzene rings is 20. The van der Waals surface area contributed by atoms with E-state index in [-0.39, 0.29) is 0 Å². The molecule has 0 aliphatic heterocycles. The summed E-state index contributed by atoms with van der Waals surface area (Å²) in [7, 11) is 0. The fourth-order valence-electron chi connectivity index (χ4n) is 22.4. The molecule has 0 atom stereocenters. The van der Waals surface area contributed by atoms with Crippen molar-refractivity contribution < 1.29 is 0 Å². The van der Waals surface area contributed by atoms with Crippen LogP contribution in [0.4, 0.5) is 0 Å². The molecular formula is C138H90N12. The van der Waals surface area contributed by atoms with Gasteiger partial charge in [-0.25, -0.2) is 4.98 Å². The minimum atomic E-state index is 0.581. The molecule has 10 aromatic heterocycles. The van der Waals surface area contributed by atoms with Gasteiger partial charge in [0.25, 0.3) is 0 Å². The van der Waals surface area contributed by atoms with Crippen molar-refractivity contribution in [3.05, 3.63) is 546 Å². The van der Waals surface area contributed by atoms with Crippen LogP contribution in [-0.2, 0) is 0 Å². The minimum absolute atomic E-state index is 0.581. The Hall–Kier alpha value is -20.3. The van der Waals surface area contributed by atoms with E-state index in [0.717, 1.165) is 138 Å². The van der Waals surface area contributed by atoms with Crippen LogP contribution < -0.4 is 0 Å². The monoisotopic (exact) mass is 1910 g/mol. The van der Waals surface area contributed by atoms with Crippen LogP contribution in [0.1, 0.15) is 0 Å². The van der Waals surface area contributed by atoms with Gasteiger partial charge in [0.2, 0.25) is 5.95 Å². The third-order valence-corrected chi connectivity index (χ3v) is 29.3. The molecule has 30 aromatic rings. The highest BCUT2D eigenvalue weighted by atomic mass is 15.2. The second kappa shape index (κ2) is 37.1. The molecule has 702 valence electrons. The molecule has 0 spiro atoms. The second-order valence-electron chi connectivity index (χ2n) is 38.1. The highest BCUT2D eigenvalue weighted by Gasteiger charge is 2.25. The standard InChI is InChI=1S/2C47H31N3.C44H28N6/c1-3-12-32(13-4-1)34-16-9-18-38(28-34)49-43-21-8-7-20-40(43)41-30-36(23-25-44(41)49)37-24-26-45-42(31-37)47-46(22-11-27-48-47)50(45)39-19-10-17-35(29-39)33-14-5-2-6-15-33;1-3-11-32(12-4-1)34-20-24-38(25-21-34)49-45-27-23-37(31-42(45)47-46(49)19-10-28-48-47)36-22-26-44-41(30-36)40-17-7-8-18-43(40)50(44)39-16-9-15-35(29-39)33-13-5-2-6-14-33;1-4-13-29(14-5-1)42-46-43(30-15-6-2-7-16-30)48-44(47-42)50-37-20-11-10-19-34(37)35-27-31(22-24-38(35)50)32-23-25-39-36(28-32)41-40(21-12-26-45-41)49(39)33-17-8-3-9-18-33/h2*1-31H;1-28H. The van der Waals surface area contributed by atoms with E-state index in [1.807, 2.05) is 104 Å². The van der Waals surface area contributed by atoms with E-state index in [0.29, 0.717) is 17.6 Å². The molecule has 0 bridgehead atoms. The van der Waals surface area contributed by atoms with Crippen molar-refractivity contribution in [2.75, 3.05) is 0 Å². The summed E-state index contributed by atoms with van der Waals surface area (Å²) in [5.41, 5.74) is 40.7. The Morgan fingerprint density at radius 1 is 0.120 bits per heavy atom. The first kappa shape index (κ1) is 87.5. The van der Waals surface area contributed by atoms with Crippen LogP contribution in [0.3, 0.4) is 0 Å². The number of pyridine rings is 3. The zero-order valence-corrected chi connectivity index (χ0v) is 81.3. The number of fused-ring (bicyclic) bond motifs is 18. The molecule has 12 heteroatoms. The molecule has 0 aliphatic carbocycles. The van der Waals surface area contributed by atoms with Crippen LogP contribution in [-0.4, -0.2) is 57.3 Å². The summed E-state index contributed by atoms with van der Waals surface area (Å²) in [5.74, 6) is 1.85. The molecule has 12 nitrogen and oxygen atoms in total. The molecule has 20 aromatic carbocycles. The van der Waals surface area contributed by atoms with Crippen molar-refractivity contribution >= 4 is 131 Å². The molecule has 0 unspecified atom stereocenters. The Labute approximate surface area is 863 Å². The Kier molecular flexibility index (Phi) is 21.6. The summed E-state index contributed by atoms with van der Waals surface area (Å²) in [6.07, 6.45) is 5.66. The molecule has 0 radical (unpaired) electrons. The van der Waals surface area contributed by atoms with Crippen molar-refractivity contribution in [3.8, 4) is 135 Å².